The summed E-state index contributed by atoms with van der Waals surface area (Å²) in [6.07, 6.45) is -3.77. The quantitative estimate of drug-likeness (QED) is 0.448. The molecule has 2 N–H and O–H groups in total. The Kier molecular flexibility index (Phi) is 7.65. The molecule has 0 radical (unpaired) electrons. The summed E-state index contributed by atoms with van der Waals surface area (Å²) < 4.78 is 9.54. The Bertz CT molecular complexity index is 619. The molecule has 0 aromatic rings. The zero-order valence-corrected chi connectivity index (χ0v) is 15.6. The highest BCUT2D eigenvalue weighted by atomic mass is 16.6. The van der Waals surface area contributed by atoms with Gasteiger partial charge in [0.05, 0.1) is 24.2 Å². The van der Waals surface area contributed by atoms with Crippen LogP contribution in [0.1, 0.15) is 47.5 Å². The second-order valence-electron chi connectivity index (χ2n) is 6.88. The fourth-order valence-corrected chi connectivity index (χ4v) is 2.43. The van der Waals surface area contributed by atoms with Crippen molar-refractivity contribution >= 4 is 23.7 Å². The van der Waals surface area contributed by atoms with Gasteiger partial charge in [0.15, 0.2) is 0 Å². The largest absolute Gasteiger partial charge is 0.462 e. The van der Waals surface area contributed by atoms with Crippen LogP contribution in [0.4, 0.5) is 0 Å². The van der Waals surface area contributed by atoms with Gasteiger partial charge < -0.3 is 19.7 Å². The summed E-state index contributed by atoms with van der Waals surface area (Å²) in [5.41, 5.74) is -0.297. The molecule has 0 aromatic heterocycles. The van der Waals surface area contributed by atoms with Crippen LogP contribution in [0.5, 0.6) is 0 Å². The van der Waals surface area contributed by atoms with E-state index in [9.17, 15) is 29.4 Å². The van der Waals surface area contributed by atoms with Crippen molar-refractivity contribution < 1.29 is 38.9 Å². The molecule has 1 aliphatic heterocycles. The van der Waals surface area contributed by atoms with E-state index in [0.717, 1.165) is 0 Å². The highest BCUT2D eigenvalue weighted by Gasteiger charge is 2.36. The number of hydrogen-bond acceptors (Lipinski definition) is 8. The van der Waals surface area contributed by atoms with Gasteiger partial charge in [-0.3, -0.25) is 9.59 Å². The van der Waals surface area contributed by atoms with Crippen molar-refractivity contribution in [2.24, 2.45) is 11.8 Å². The number of carbonyl (C=O) groups excluding carboxylic acids is 4. The van der Waals surface area contributed by atoms with Crippen LogP contribution in [0, 0.1) is 11.8 Å². The van der Waals surface area contributed by atoms with E-state index in [1.165, 1.54) is 6.92 Å². The van der Waals surface area contributed by atoms with Crippen LogP contribution in [0.25, 0.3) is 0 Å². The number of Topliss-reactive ketones (excluding diaryl/α,β-unsaturated/α-hetero) is 1. The minimum atomic E-state index is -1.52. The number of esters is 3. The van der Waals surface area contributed by atoms with Crippen molar-refractivity contribution in [3.63, 3.8) is 0 Å². The van der Waals surface area contributed by atoms with Crippen LogP contribution in [-0.4, -0.2) is 52.2 Å². The van der Waals surface area contributed by atoms with Crippen LogP contribution >= 0.6 is 0 Å². The lowest BCUT2D eigenvalue weighted by atomic mass is 9.92. The third kappa shape index (κ3) is 5.47. The Morgan fingerprint density at radius 2 is 1.62 bits per heavy atom. The molecule has 0 saturated heterocycles. The maximum absolute atomic E-state index is 12.0. The summed E-state index contributed by atoms with van der Waals surface area (Å²) in [7, 11) is 0. The lowest BCUT2D eigenvalue weighted by molar-refractivity contribution is -0.154. The predicted octanol–water partition coefficient (Wildman–Crippen LogP) is 0.681. The van der Waals surface area contributed by atoms with Gasteiger partial charge in [0.1, 0.15) is 11.9 Å². The molecule has 8 heteroatoms. The van der Waals surface area contributed by atoms with Gasteiger partial charge in [-0.05, 0) is 13.8 Å². The smallest absolute Gasteiger partial charge is 0.345 e. The van der Waals surface area contributed by atoms with E-state index < -0.39 is 48.6 Å². The number of aliphatic hydroxyl groups excluding tert-OH is 2. The molecule has 0 aliphatic carbocycles. The summed E-state index contributed by atoms with van der Waals surface area (Å²) in [6, 6.07) is 0. The van der Waals surface area contributed by atoms with Crippen molar-refractivity contribution in [1.82, 2.24) is 0 Å². The van der Waals surface area contributed by atoms with Crippen molar-refractivity contribution in [2.75, 3.05) is 0 Å². The number of rotatable bonds is 9. The molecule has 1 aliphatic rings. The minimum Gasteiger partial charge on any atom is -0.462 e. The lowest BCUT2D eigenvalue weighted by Gasteiger charge is -2.25. The molecule has 0 saturated carbocycles. The molecular weight excluding hydrogens is 344 g/mol. The molecule has 0 spiro atoms. The van der Waals surface area contributed by atoms with Crippen molar-refractivity contribution in [2.45, 2.75) is 65.8 Å². The highest BCUT2D eigenvalue weighted by Crippen LogP contribution is 2.23. The van der Waals surface area contributed by atoms with Crippen LogP contribution in [0.2, 0.25) is 0 Å². The summed E-state index contributed by atoms with van der Waals surface area (Å²) in [4.78, 5) is 46.5. The van der Waals surface area contributed by atoms with Crippen LogP contribution < -0.4 is 0 Å². The van der Waals surface area contributed by atoms with Gasteiger partial charge >= 0.3 is 17.9 Å². The van der Waals surface area contributed by atoms with Crippen molar-refractivity contribution in [3.8, 4) is 0 Å². The molecule has 4 atom stereocenters. The summed E-state index contributed by atoms with van der Waals surface area (Å²) in [6.45, 7) is 8.01. The number of cyclic esters (lactones) is 2. The monoisotopic (exact) mass is 370 g/mol. The van der Waals surface area contributed by atoms with Gasteiger partial charge in [-0.25, -0.2) is 9.59 Å². The normalized spacial score (nSPS) is 19.2. The van der Waals surface area contributed by atoms with Gasteiger partial charge in [-0.2, -0.15) is 0 Å². The van der Waals surface area contributed by atoms with E-state index in [-0.39, 0.29) is 29.3 Å². The zero-order chi connectivity index (χ0) is 20.2. The SMILES string of the molecule is CC1=C([C@H](O)CC(=O)O[C@H](C)[C@@H](C)[C@H](O)CC(=O)C(C)C)C(=O)OC1=O. The Labute approximate surface area is 152 Å². The third-order valence-corrected chi connectivity index (χ3v) is 4.53. The predicted molar refractivity (Wildman–Crippen MR) is 89.6 cm³/mol. The Morgan fingerprint density at radius 3 is 2.08 bits per heavy atom. The highest BCUT2D eigenvalue weighted by molar-refractivity contribution is 6.12. The maximum atomic E-state index is 12.0. The van der Waals surface area contributed by atoms with Crippen LogP contribution in [0.15, 0.2) is 11.1 Å². The molecule has 1 heterocycles. The molecule has 0 fully saturated rings. The number of hydrogen-bond donors (Lipinski definition) is 2. The zero-order valence-electron chi connectivity index (χ0n) is 15.6. The van der Waals surface area contributed by atoms with E-state index >= 15 is 0 Å². The Morgan fingerprint density at radius 1 is 1.04 bits per heavy atom. The van der Waals surface area contributed by atoms with Gasteiger partial charge in [-0.1, -0.05) is 20.8 Å². The van der Waals surface area contributed by atoms with Gasteiger partial charge in [0.2, 0.25) is 0 Å². The Balaban J connectivity index is 2.60. The first-order valence-corrected chi connectivity index (χ1v) is 8.51. The first-order chi connectivity index (χ1) is 12.0. The summed E-state index contributed by atoms with van der Waals surface area (Å²) in [5.74, 6) is -3.42. The first-order valence-electron chi connectivity index (χ1n) is 8.51. The molecule has 8 nitrogen and oxygen atoms in total. The third-order valence-electron chi connectivity index (χ3n) is 4.53. The van der Waals surface area contributed by atoms with Crippen molar-refractivity contribution in [1.29, 1.82) is 0 Å². The second-order valence-corrected chi connectivity index (χ2v) is 6.88. The van der Waals surface area contributed by atoms with Crippen molar-refractivity contribution in [3.05, 3.63) is 11.1 Å². The van der Waals surface area contributed by atoms with Gasteiger partial charge in [0.25, 0.3) is 0 Å². The standard InChI is InChI=1S/C18H26O8/c1-8(2)12(19)6-13(20)9(3)11(5)25-15(22)7-14(21)16-10(4)17(23)26-18(16)24/h8-9,11,13-14,20-21H,6-7H2,1-5H3/t9-,11-,13-,14-/m1/s1. The van der Waals surface area contributed by atoms with Crippen LogP contribution in [0.3, 0.4) is 0 Å². The molecule has 146 valence electrons. The number of carbonyl (C=O) groups is 4. The molecule has 26 heavy (non-hydrogen) atoms. The lowest BCUT2D eigenvalue weighted by Crippen LogP contribution is -2.34. The van der Waals surface area contributed by atoms with E-state index in [0.29, 0.717) is 0 Å². The summed E-state index contributed by atoms with van der Waals surface area (Å²) in [5, 5.41) is 20.1. The van der Waals surface area contributed by atoms with Gasteiger partial charge in [-0.15, -0.1) is 0 Å². The molecule has 1 rings (SSSR count). The fourth-order valence-electron chi connectivity index (χ4n) is 2.43. The average Bonchev–Trinajstić information content (AvgIpc) is 2.78. The van der Waals surface area contributed by atoms with Crippen LogP contribution in [-0.2, 0) is 28.7 Å². The molecule has 0 aromatic carbocycles. The first kappa shape index (κ1) is 22.0. The second kappa shape index (κ2) is 9.05. The van der Waals surface area contributed by atoms with E-state index in [2.05, 4.69) is 4.74 Å². The number of aliphatic hydroxyl groups is 2. The average molecular weight is 370 g/mol. The van der Waals surface area contributed by atoms with Gasteiger partial charge in [0, 0.05) is 23.8 Å². The maximum Gasteiger partial charge on any atom is 0.345 e. The molecule has 0 amide bonds. The fraction of sp³-hybridized carbons (Fsp3) is 0.667. The number of ether oxygens (including phenoxy) is 2. The van der Waals surface area contributed by atoms with E-state index in [1.807, 2.05) is 0 Å². The Hall–Kier alpha value is -2.06. The topological polar surface area (TPSA) is 127 Å². The molecule has 0 bridgehead atoms. The summed E-state index contributed by atoms with van der Waals surface area (Å²) >= 11 is 0. The molecular formula is C18H26O8. The van der Waals surface area contributed by atoms with E-state index in [4.69, 9.17) is 4.74 Å². The number of ketones is 1. The van der Waals surface area contributed by atoms with E-state index in [1.54, 1.807) is 27.7 Å². The molecule has 0 unspecified atom stereocenters. The minimum absolute atomic E-state index is 0.0383.